The summed E-state index contributed by atoms with van der Waals surface area (Å²) in [6.07, 6.45) is 7.66. The molecule has 1 spiro atoms. The maximum Gasteiger partial charge on any atom is 0.0693 e. The Labute approximate surface area is 97.3 Å². The summed E-state index contributed by atoms with van der Waals surface area (Å²) in [4.78, 5) is 0. The highest BCUT2D eigenvalue weighted by Gasteiger charge is 2.42. The first kappa shape index (κ1) is 11.7. The van der Waals surface area contributed by atoms with Crippen LogP contribution in [0.15, 0.2) is 0 Å². The van der Waals surface area contributed by atoms with E-state index in [9.17, 15) is 0 Å². The van der Waals surface area contributed by atoms with Crippen LogP contribution >= 0.6 is 11.8 Å². The van der Waals surface area contributed by atoms with E-state index in [0.717, 1.165) is 18.3 Å². The third-order valence-electron chi connectivity index (χ3n) is 3.64. The van der Waals surface area contributed by atoms with Crippen LogP contribution in [0.25, 0.3) is 0 Å². The number of nitrogens with two attached hydrogens (primary N) is 1. The number of ether oxygens (including phenoxy) is 1. The molecule has 3 heteroatoms. The predicted molar refractivity (Wildman–Crippen MR) is 66.3 cm³/mol. The van der Waals surface area contributed by atoms with Gasteiger partial charge in [-0.05, 0) is 51.2 Å². The molecule has 2 aliphatic rings. The molecule has 15 heavy (non-hydrogen) atoms. The van der Waals surface area contributed by atoms with E-state index in [1.165, 1.54) is 37.9 Å². The van der Waals surface area contributed by atoms with E-state index >= 15 is 0 Å². The van der Waals surface area contributed by atoms with Gasteiger partial charge < -0.3 is 10.5 Å². The lowest BCUT2D eigenvalue weighted by Crippen LogP contribution is -2.46. The minimum atomic E-state index is 0.310. The SMILES string of the molecule is CC(N)CCSC1CCOC2(CCC2)C1. The second-order valence-electron chi connectivity index (χ2n) is 5.14. The summed E-state index contributed by atoms with van der Waals surface area (Å²) in [6, 6.07) is 0.356. The number of hydrogen-bond acceptors (Lipinski definition) is 3. The molecule has 0 amide bonds. The van der Waals surface area contributed by atoms with Crippen LogP contribution < -0.4 is 5.73 Å². The molecule has 1 heterocycles. The number of thioether (sulfide) groups is 1. The fourth-order valence-electron chi connectivity index (χ4n) is 2.47. The van der Waals surface area contributed by atoms with E-state index in [1.54, 1.807) is 0 Å². The Morgan fingerprint density at radius 1 is 1.53 bits per heavy atom. The molecule has 1 aliphatic heterocycles. The summed E-state index contributed by atoms with van der Waals surface area (Å²) < 4.78 is 5.92. The molecule has 2 nitrogen and oxygen atoms in total. The smallest absolute Gasteiger partial charge is 0.0693 e. The van der Waals surface area contributed by atoms with Gasteiger partial charge in [0, 0.05) is 17.9 Å². The van der Waals surface area contributed by atoms with Gasteiger partial charge in [-0.15, -0.1) is 0 Å². The monoisotopic (exact) mass is 229 g/mol. The van der Waals surface area contributed by atoms with Crippen molar-refractivity contribution in [3.8, 4) is 0 Å². The first-order valence-corrected chi connectivity index (χ1v) is 7.26. The highest BCUT2D eigenvalue weighted by atomic mass is 32.2. The maximum absolute atomic E-state index is 5.92. The second-order valence-corrected chi connectivity index (χ2v) is 6.54. The van der Waals surface area contributed by atoms with E-state index in [4.69, 9.17) is 10.5 Å². The van der Waals surface area contributed by atoms with Gasteiger partial charge in [0.25, 0.3) is 0 Å². The minimum Gasteiger partial charge on any atom is -0.375 e. The Balaban J connectivity index is 1.69. The normalized spacial score (nSPS) is 31.2. The van der Waals surface area contributed by atoms with Crippen molar-refractivity contribution in [2.24, 2.45) is 5.73 Å². The standard InChI is InChI=1S/C12H23NOS/c1-10(13)4-8-15-11-3-7-14-12(9-11)5-2-6-12/h10-11H,2-9,13H2,1H3. The molecular weight excluding hydrogens is 206 g/mol. The molecule has 2 unspecified atom stereocenters. The number of hydrogen-bond donors (Lipinski definition) is 1. The fourth-order valence-corrected chi connectivity index (χ4v) is 3.99. The summed E-state index contributed by atoms with van der Waals surface area (Å²) in [5.74, 6) is 1.22. The van der Waals surface area contributed by atoms with Gasteiger partial charge in [-0.25, -0.2) is 0 Å². The van der Waals surface area contributed by atoms with Crippen molar-refractivity contribution in [2.75, 3.05) is 12.4 Å². The van der Waals surface area contributed by atoms with Gasteiger partial charge in [-0.1, -0.05) is 0 Å². The number of rotatable bonds is 4. The largest absolute Gasteiger partial charge is 0.375 e. The molecule has 2 fully saturated rings. The molecule has 2 atom stereocenters. The average molecular weight is 229 g/mol. The van der Waals surface area contributed by atoms with Crippen molar-refractivity contribution in [2.45, 2.75) is 62.3 Å². The lowest BCUT2D eigenvalue weighted by Gasteiger charge is -2.47. The summed E-state index contributed by atoms with van der Waals surface area (Å²) in [5, 5.41) is 0.831. The quantitative estimate of drug-likeness (QED) is 0.804. The van der Waals surface area contributed by atoms with Crippen LogP contribution in [0.1, 0.15) is 45.4 Å². The molecule has 88 valence electrons. The lowest BCUT2D eigenvalue weighted by molar-refractivity contribution is -0.125. The van der Waals surface area contributed by atoms with Crippen molar-refractivity contribution < 1.29 is 4.74 Å². The van der Waals surface area contributed by atoms with Gasteiger partial charge in [-0.2, -0.15) is 11.8 Å². The topological polar surface area (TPSA) is 35.2 Å². The molecule has 2 N–H and O–H groups in total. The van der Waals surface area contributed by atoms with Gasteiger partial charge >= 0.3 is 0 Å². The summed E-state index contributed by atoms with van der Waals surface area (Å²) in [7, 11) is 0. The van der Waals surface area contributed by atoms with Crippen molar-refractivity contribution in [3.05, 3.63) is 0 Å². The molecule has 1 aliphatic carbocycles. The van der Waals surface area contributed by atoms with Crippen LogP contribution in [-0.2, 0) is 4.74 Å². The predicted octanol–water partition coefficient (Wildman–Crippen LogP) is 2.56. The van der Waals surface area contributed by atoms with Crippen molar-refractivity contribution in [1.29, 1.82) is 0 Å². The zero-order valence-corrected chi connectivity index (χ0v) is 10.5. The zero-order valence-electron chi connectivity index (χ0n) is 9.71. The van der Waals surface area contributed by atoms with Crippen LogP contribution in [0.2, 0.25) is 0 Å². The second kappa shape index (κ2) is 5.07. The highest BCUT2D eigenvalue weighted by Crippen LogP contribution is 2.45. The van der Waals surface area contributed by atoms with E-state index < -0.39 is 0 Å². The average Bonchev–Trinajstić information content (AvgIpc) is 2.15. The summed E-state index contributed by atoms with van der Waals surface area (Å²) >= 11 is 2.12. The third kappa shape index (κ3) is 3.11. The van der Waals surface area contributed by atoms with Crippen molar-refractivity contribution in [3.63, 3.8) is 0 Å². The highest BCUT2D eigenvalue weighted by molar-refractivity contribution is 7.99. The fraction of sp³-hybridized carbons (Fsp3) is 1.00. The van der Waals surface area contributed by atoms with Gasteiger partial charge in [-0.3, -0.25) is 0 Å². The Morgan fingerprint density at radius 2 is 2.33 bits per heavy atom. The third-order valence-corrected chi connectivity index (χ3v) is 4.98. The summed E-state index contributed by atoms with van der Waals surface area (Å²) in [6.45, 7) is 3.08. The molecular formula is C12H23NOS. The Morgan fingerprint density at radius 3 is 2.93 bits per heavy atom. The Kier molecular flexibility index (Phi) is 3.97. The van der Waals surface area contributed by atoms with Crippen LogP contribution in [-0.4, -0.2) is 29.3 Å². The van der Waals surface area contributed by atoms with Gasteiger partial charge in [0.15, 0.2) is 0 Å². The summed E-state index contributed by atoms with van der Waals surface area (Å²) in [5.41, 5.74) is 6.07. The van der Waals surface area contributed by atoms with Gasteiger partial charge in [0.05, 0.1) is 5.60 Å². The first-order chi connectivity index (χ1) is 7.20. The molecule has 2 rings (SSSR count). The van der Waals surface area contributed by atoms with Crippen LogP contribution in [0.4, 0.5) is 0 Å². The van der Waals surface area contributed by atoms with Gasteiger partial charge in [0.1, 0.15) is 0 Å². The zero-order chi connectivity index (χ0) is 10.7. The minimum absolute atomic E-state index is 0.310. The molecule has 0 aromatic carbocycles. The van der Waals surface area contributed by atoms with Gasteiger partial charge in [0.2, 0.25) is 0 Å². The van der Waals surface area contributed by atoms with E-state index in [0.29, 0.717) is 11.6 Å². The molecule has 1 saturated carbocycles. The van der Waals surface area contributed by atoms with E-state index in [-0.39, 0.29) is 0 Å². The molecule has 1 saturated heterocycles. The van der Waals surface area contributed by atoms with Crippen LogP contribution in [0.3, 0.4) is 0 Å². The van der Waals surface area contributed by atoms with Crippen molar-refractivity contribution in [1.82, 2.24) is 0 Å². The van der Waals surface area contributed by atoms with Crippen LogP contribution in [0.5, 0.6) is 0 Å². The maximum atomic E-state index is 5.92. The van der Waals surface area contributed by atoms with E-state index in [2.05, 4.69) is 18.7 Å². The first-order valence-electron chi connectivity index (χ1n) is 6.21. The van der Waals surface area contributed by atoms with E-state index in [1.807, 2.05) is 0 Å². The molecule has 0 bridgehead atoms. The Bertz CT molecular complexity index is 204. The molecule has 0 aromatic heterocycles. The lowest BCUT2D eigenvalue weighted by atomic mass is 9.75. The molecule has 0 aromatic rings. The van der Waals surface area contributed by atoms with Crippen LogP contribution in [0, 0.1) is 0 Å². The molecule has 0 radical (unpaired) electrons. The Hall–Kier alpha value is 0.270. The van der Waals surface area contributed by atoms with Crippen molar-refractivity contribution >= 4 is 11.8 Å².